The molecule has 4 rings (SSSR count). The SMILES string of the molecule is CC(=O)N[C@H](C(=O)N1C[C@H](O)C[C@H]1c1nccn1CCc1cccc(-c2scnc2C)c1)C(C)(C)C. The van der Waals surface area contributed by atoms with Crippen LogP contribution in [0.1, 0.15) is 57.2 Å². The fourth-order valence-corrected chi connectivity index (χ4v) is 5.63. The Morgan fingerprint density at radius 1 is 1.28 bits per heavy atom. The number of amides is 2. The van der Waals surface area contributed by atoms with Crippen LogP contribution in [0.5, 0.6) is 0 Å². The Hall–Kier alpha value is -3.04. The van der Waals surface area contributed by atoms with Gasteiger partial charge in [-0.15, -0.1) is 11.3 Å². The Balaban J connectivity index is 1.53. The van der Waals surface area contributed by atoms with Crippen molar-refractivity contribution in [1.29, 1.82) is 0 Å². The first-order valence-corrected chi connectivity index (χ1v) is 13.2. The molecule has 2 aromatic heterocycles. The van der Waals surface area contributed by atoms with Crippen molar-refractivity contribution in [3.8, 4) is 10.4 Å². The van der Waals surface area contributed by atoms with Gasteiger partial charge in [-0.2, -0.15) is 0 Å². The molecule has 0 saturated carbocycles. The van der Waals surface area contributed by atoms with Gasteiger partial charge in [-0.05, 0) is 29.9 Å². The van der Waals surface area contributed by atoms with E-state index < -0.39 is 17.6 Å². The summed E-state index contributed by atoms with van der Waals surface area (Å²) in [5.74, 6) is 0.308. The largest absolute Gasteiger partial charge is 0.391 e. The molecule has 2 amide bonds. The summed E-state index contributed by atoms with van der Waals surface area (Å²) in [7, 11) is 0. The summed E-state index contributed by atoms with van der Waals surface area (Å²) in [6.07, 6.45) is 4.25. The van der Waals surface area contributed by atoms with Gasteiger partial charge in [-0.3, -0.25) is 9.59 Å². The lowest BCUT2D eigenvalue weighted by Crippen LogP contribution is -2.54. The van der Waals surface area contributed by atoms with Gasteiger partial charge in [0.25, 0.3) is 0 Å². The van der Waals surface area contributed by atoms with Gasteiger partial charge in [0.1, 0.15) is 11.9 Å². The zero-order chi connectivity index (χ0) is 26.0. The summed E-state index contributed by atoms with van der Waals surface area (Å²) in [6, 6.07) is 7.45. The Bertz CT molecular complexity index is 1230. The number of carbonyl (C=O) groups excluding carboxylic acids is 2. The zero-order valence-electron chi connectivity index (χ0n) is 21.6. The van der Waals surface area contributed by atoms with Gasteiger partial charge in [0.15, 0.2) is 0 Å². The topological polar surface area (TPSA) is 100 Å². The molecule has 3 atom stereocenters. The van der Waals surface area contributed by atoms with Gasteiger partial charge >= 0.3 is 0 Å². The molecule has 1 aliphatic rings. The fourth-order valence-electron chi connectivity index (χ4n) is 4.82. The summed E-state index contributed by atoms with van der Waals surface area (Å²) in [4.78, 5) is 37.3. The number of likely N-dealkylation sites (tertiary alicyclic amines) is 1. The molecule has 192 valence electrons. The van der Waals surface area contributed by atoms with Crippen molar-refractivity contribution in [3.05, 3.63) is 59.3 Å². The maximum Gasteiger partial charge on any atom is 0.246 e. The van der Waals surface area contributed by atoms with Gasteiger partial charge < -0.3 is 19.9 Å². The first-order valence-electron chi connectivity index (χ1n) is 12.3. The van der Waals surface area contributed by atoms with Gasteiger partial charge in [0, 0.05) is 38.8 Å². The highest BCUT2D eigenvalue weighted by Crippen LogP contribution is 2.34. The number of aromatic nitrogens is 3. The van der Waals surface area contributed by atoms with E-state index in [1.807, 2.05) is 39.4 Å². The molecule has 1 aliphatic heterocycles. The molecular formula is C27H35N5O3S. The van der Waals surface area contributed by atoms with Crippen LogP contribution in [0.25, 0.3) is 10.4 Å². The lowest BCUT2D eigenvalue weighted by atomic mass is 9.85. The Morgan fingerprint density at radius 2 is 2.06 bits per heavy atom. The maximum absolute atomic E-state index is 13.6. The van der Waals surface area contributed by atoms with Crippen LogP contribution < -0.4 is 5.32 Å². The third kappa shape index (κ3) is 5.68. The van der Waals surface area contributed by atoms with Gasteiger partial charge in [-0.1, -0.05) is 45.0 Å². The summed E-state index contributed by atoms with van der Waals surface area (Å²) >= 11 is 1.64. The second-order valence-corrected chi connectivity index (χ2v) is 11.4. The second-order valence-electron chi connectivity index (χ2n) is 10.6. The third-order valence-electron chi connectivity index (χ3n) is 6.64. The number of nitrogens with one attached hydrogen (secondary N) is 1. The lowest BCUT2D eigenvalue weighted by molar-refractivity contribution is -0.140. The predicted molar refractivity (Wildman–Crippen MR) is 140 cm³/mol. The van der Waals surface area contributed by atoms with Crippen molar-refractivity contribution < 1.29 is 14.7 Å². The molecule has 2 N–H and O–H groups in total. The number of thiazole rings is 1. The number of hydrogen-bond acceptors (Lipinski definition) is 6. The summed E-state index contributed by atoms with van der Waals surface area (Å²) in [5.41, 5.74) is 4.80. The molecule has 0 spiro atoms. The van der Waals surface area contributed by atoms with Crippen molar-refractivity contribution in [3.63, 3.8) is 0 Å². The van der Waals surface area contributed by atoms with Gasteiger partial charge in [0.05, 0.1) is 28.2 Å². The molecule has 9 heteroatoms. The van der Waals surface area contributed by atoms with Crippen LogP contribution in [0, 0.1) is 12.3 Å². The molecule has 0 radical (unpaired) electrons. The number of carbonyl (C=O) groups is 2. The van der Waals surface area contributed by atoms with E-state index in [1.165, 1.54) is 22.9 Å². The summed E-state index contributed by atoms with van der Waals surface area (Å²) < 4.78 is 2.07. The minimum atomic E-state index is -0.691. The van der Waals surface area contributed by atoms with E-state index >= 15 is 0 Å². The van der Waals surface area contributed by atoms with E-state index in [0.29, 0.717) is 13.0 Å². The summed E-state index contributed by atoms with van der Waals surface area (Å²) in [6.45, 7) is 10.1. The Kier molecular flexibility index (Phi) is 7.61. The molecule has 1 saturated heterocycles. The lowest BCUT2D eigenvalue weighted by Gasteiger charge is -2.35. The number of aliphatic hydroxyl groups excluding tert-OH is 1. The van der Waals surface area contributed by atoms with Crippen LogP contribution in [0.3, 0.4) is 0 Å². The Morgan fingerprint density at radius 3 is 2.72 bits per heavy atom. The van der Waals surface area contributed by atoms with Crippen molar-refractivity contribution in [1.82, 2.24) is 24.8 Å². The number of imidazole rings is 1. The number of benzene rings is 1. The van der Waals surface area contributed by atoms with Gasteiger partial charge in [0.2, 0.25) is 11.8 Å². The highest BCUT2D eigenvalue weighted by atomic mass is 32.1. The van der Waals surface area contributed by atoms with Crippen molar-refractivity contribution in [2.45, 2.75) is 72.2 Å². The molecule has 3 aromatic rings. The second kappa shape index (κ2) is 10.5. The number of hydrogen-bond donors (Lipinski definition) is 2. The van der Waals surface area contributed by atoms with Crippen molar-refractivity contribution in [2.75, 3.05) is 6.54 Å². The Labute approximate surface area is 216 Å². The highest BCUT2D eigenvalue weighted by Gasteiger charge is 2.43. The van der Waals surface area contributed by atoms with E-state index in [-0.39, 0.29) is 24.4 Å². The molecule has 1 fully saturated rings. The quantitative estimate of drug-likeness (QED) is 0.505. The first kappa shape index (κ1) is 26.0. The third-order valence-corrected chi connectivity index (χ3v) is 7.62. The normalized spacial score (nSPS) is 18.9. The monoisotopic (exact) mass is 509 g/mol. The number of aliphatic hydroxyl groups is 1. The average molecular weight is 510 g/mol. The number of nitrogens with zero attached hydrogens (tertiary/aromatic N) is 4. The smallest absolute Gasteiger partial charge is 0.246 e. The maximum atomic E-state index is 13.6. The molecular weight excluding hydrogens is 474 g/mol. The van der Waals surface area contributed by atoms with Crippen LogP contribution in [0.4, 0.5) is 0 Å². The van der Waals surface area contributed by atoms with E-state index in [0.717, 1.165) is 17.9 Å². The molecule has 0 bridgehead atoms. The van der Waals surface area contributed by atoms with Crippen LogP contribution in [0.15, 0.2) is 42.2 Å². The average Bonchev–Trinajstić information content (AvgIpc) is 3.54. The standard InChI is InChI=1S/C27H35N5O3S/c1-17-23(36-16-29-17)20-8-6-7-19(13-20)9-11-31-12-10-28-25(31)22-14-21(34)15-32(22)26(35)24(27(3,4)5)30-18(2)33/h6-8,10,12-13,16,21-22,24,34H,9,11,14-15H2,1-5H3,(H,30,33)/t21-,22+,24-/m1/s1. The van der Waals surface area contributed by atoms with Crippen molar-refractivity contribution in [2.24, 2.45) is 5.41 Å². The zero-order valence-corrected chi connectivity index (χ0v) is 22.4. The van der Waals surface area contributed by atoms with Crippen LogP contribution >= 0.6 is 11.3 Å². The molecule has 0 aliphatic carbocycles. The van der Waals surface area contributed by atoms with E-state index in [4.69, 9.17) is 0 Å². The van der Waals surface area contributed by atoms with Crippen LogP contribution in [-0.2, 0) is 22.6 Å². The predicted octanol–water partition coefficient (Wildman–Crippen LogP) is 3.74. The van der Waals surface area contributed by atoms with Crippen LogP contribution in [-0.4, -0.2) is 55.0 Å². The molecule has 3 heterocycles. The number of β-amino-alcohol motifs (C(OH)–C–C–N with tert-alkyl or cyclic N) is 1. The fraction of sp³-hybridized carbons (Fsp3) is 0.481. The number of rotatable bonds is 7. The minimum Gasteiger partial charge on any atom is -0.391 e. The van der Waals surface area contributed by atoms with Crippen molar-refractivity contribution >= 4 is 23.2 Å². The van der Waals surface area contributed by atoms with E-state index in [9.17, 15) is 14.7 Å². The molecule has 1 aromatic carbocycles. The summed E-state index contributed by atoms with van der Waals surface area (Å²) in [5, 5.41) is 13.3. The molecule has 8 nitrogen and oxygen atoms in total. The first-order chi connectivity index (χ1) is 17.0. The highest BCUT2D eigenvalue weighted by molar-refractivity contribution is 7.13. The minimum absolute atomic E-state index is 0.193. The number of aryl methyl sites for hydroxylation is 3. The van der Waals surface area contributed by atoms with E-state index in [1.54, 1.807) is 22.4 Å². The van der Waals surface area contributed by atoms with Gasteiger partial charge in [-0.25, -0.2) is 9.97 Å². The molecule has 0 unspecified atom stereocenters. The molecule has 36 heavy (non-hydrogen) atoms. The van der Waals surface area contributed by atoms with E-state index in [2.05, 4.69) is 44.1 Å². The van der Waals surface area contributed by atoms with Crippen LogP contribution in [0.2, 0.25) is 0 Å².